The number of hydrogen-bond acceptors (Lipinski definition) is 4. The van der Waals surface area contributed by atoms with Crippen LogP contribution in [-0.4, -0.2) is 20.4 Å². The fourth-order valence-corrected chi connectivity index (χ4v) is 5.02. The van der Waals surface area contributed by atoms with E-state index in [9.17, 15) is 4.79 Å². The van der Waals surface area contributed by atoms with E-state index in [4.69, 9.17) is 0 Å². The standard InChI is InChI=1S/C23H22N4OS/c1-15-6-8-20-17(10-15)11-21(29-20)23(28)25-13-16-7-9-22(24-12-16)27-14-26-18-4-2-3-5-19(18)27/h2-5,7,9,11-12,14-15H,6,8,10,13H2,1H3,(H,25,28). The van der Waals surface area contributed by atoms with Gasteiger partial charge in [0.2, 0.25) is 0 Å². The van der Waals surface area contributed by atoms with Gasteiger partial charge in [-0.15, -0.1) is 11.3 Å². The van der Waals surface area contributed by atoms with Crippen LogP contribution in [0.2, 0.25) is 0 Å². The number of rotatable bonds is 4. The Bertz CT molecular complexity index is 1180. The summed E-state index contributed by atoms with van der Waals surface area (Å²) < 4.78 is 1.97. The lowest BCUT2D eigenvalue weighted by atomic mass is 9.90. The normalized spacial score (nSPS) is 16.0. The molecule has 1 N–H and O–H groups in total. The monoisotopic (exact) mass is 402 g/mol. The third kappa shape index (κ3) is 3.56. The Morgan fingerprint density at radius 2 is 2.14 bits per heavy atom. The van der Waals surface area contributed by atoms with Crippen LogP contribution in [0.5, 0.6) is 0 Å². The van der Waals surface area contributed by atoms with Crippen LogP contribution >= 0.6 is 11.3 Å². The summed E-state index contributed by atoms with van der Waals surface area (Å²) in [5.41, 5.74) is 4.30. The summed E-state index contributed by atoms with van der Waals surface area (Å²) in [6, 6.07) is 14.0. The number of fused-ring (bicyclic) bond motifs is 2. The Morgan fingerprint density at radius 3 is 3.00 bits per heavy atom. The lowest BCUT2D eigenvalue weighted by molar-refractivity contribution is 0.0955. The predicted octanol–water partition coefficient (Wildman–Crippen LogP) is 4.54. The maximum absolute atomic E-state index is 12.6. The number of aryl methyl sites for hydroxylation is 1. The maximum atomic E-state index is 12.6. The van der Waals surface area contributed by atoms with Gasteiger partial charge in [0.25, 0.3) is 5.91 Å². The lowest BCUT2D eigenvalue weighted by Gasteiger charge is -2.16. The zero-order valence-corrected chi connectivity index (χ0v) is 17.1. The van der Waals surface area contributed by atoms with Crippen LogP contribution in [0, 0.1) is 5.92 Å². The number of nitrogens with zero attached hydrogens (tertiary/aromatic N) is 3. The summed E-state index contributed by atoms with van der Waals surface area (Å²) in [7, 11) is 0. The van der Waals surface area contributed by atoms with Crippen LogP contribution in [0.1, 0.15) is 39.0 Å². The van der Waals surface area contributed by atoms with E-state index < -0.39 is 0 Å². The van der Waals surface area contributed by atoms with Gasteiger partial charge >= 0.3 is 0 Å². The van der Waals surface area contributed by atoms with Gasteiger partial charge in [0.1, 0.15) is 12.1 Å². The van der Waals surface area contributed by atoms with Crippen LogP contribution in [0.3, 0.4) is 0 Å². The van der Waals surface area contributed by atoms with Gasteiger partial charge in [0.15, 0.2) is 0 Å². The minimum Gasteiger partial charge on any atom is -0.347 e. The molecule has 0 saturated carbocycles. The fourth-order valence-electron chi connectivity index (χ4n) is 3.89. The number of pyridine rings is 1. The second kappa shape index (κ2) is 7.44. The average Bonchev–Trinajstić information content (AvgIpc) is 3.36. The highest BCUT2D eigenvalue weighted by Crippen LogP contribution is 2.32. The number of thiophene rings is 1. The van der Waals surface area contributed by atoms with Crippen LogP contribution < -0.4 is 5.32 Å². The molecule has 29 heavy (non-hydrogen) atoms. The number of aromatic nitrogens is 3. The Hall–Kier alpha value is -2.99. The molecule has 6 heteroatoms. The Kier molecular flexibility index (Phi) is 4.64. The number of benzene rings is 1. The molecule has 146 valence electrons. The fraction of sp³-hybridized carbons (Fsp3) is 0.261. The van der Waals surface area contributed by atoms with Crippen LogP contribution in [-0.2, 0) is 19.4 Å². The molecule has 0 bridgehead atoms. The second-order valence-corrected chi connectivity index (χ2v) is 8.85. The molecule has 1 atom stereocenters. The van der Waals surface area contributed by atoms with E-state index in [1.165, 1.54) is 16.9 Å². The zero-order chi connectivity index (χ0) is 19.8. The van der Waals surface area contributed by atoms with E-state index in [0.717, 1.165) is 40.1 Å². The Morgan fingerprint density at radius 1 is 1.24 bits per heavy atom. The van der Waals surface area contributed by atoms with Crippen LogP contribution in [0.15, 0.2) is 55.0 Å². The first-order valence-corrected chi connectivity index (χ1v) is 10.8. The van der Waals surface area contributed by atoms with Crippen molar-refractivity contribution >= 4 is 28.3 Å². The van der Waals surface area contributed by atoms with Crippen molar-refractivity contribution in [2.75, 3.05) is 0 Å². The highest BCUT2D eigenvalue weighted by molar-refractivity contribution is 7.14. The largest absolute Gasteiger partial charge is 0.347 e. The quantitative estimate of drug-likeness (QED) is 0.545. The first-order chi connectivity index (χ1) is 14.2. The smallest absolute Gasteiger partial charge is 0.261 e. The van der Waals surface area contributed by atoms with Crippen LogP contribution in [0.25, 0.3) is 16.9 Å². The number of nitrogens with one attached hydrogen (secondary N) is 1. The summed E-state index contributed by atoms with van der Waals surface area (Å²) in [6.45, 7) is 2.75. The third-order valence-corrected chi connectivity index (χ3v) is 6.75. The molecule has 1 amide bonds. The van der Waals surface area contributed by atoms with Gasteiger partial charge in [-0.05, 0) is 60.6 Å². The third-order valence-electron chi connectivity index (χ3n) is 5.52. The molecule has 5 rings (SSSR count). The maximum Gasteiger partial charge on any atom is 0.261 e. The van der Waals surface area contributed by atoms with Crippen molar-refractivity contribution in [1.29, 1.82) is 0 Å². The summed E-state index contributed by atoms with van der Waals surface area (Å²) in [5, 5.41) is 3.03. The molecule has 4 aromatic rings. The molecule has 0 aliphatic heterocycles. The molecule has 5 nitrogen and oxygen atoms in total. The average molecular weight is 403 g/mol. The van der Waals surface area contributed by atoms with E-state index in [-0.39, 0.29) is 5.91 Å². The molecular weight excluding hydrogens is 380 g/mol. The number of para-hydroxylation sites is 2. The minimum absolute atomic E-state index is 0.00160. The molecule has 0 saturated heterocycles. The number of carbonyl (C=O) groups is 1. The van der Waals surface area contributed by atoms with Gasteiger partial charge in [0, 0.05) is 17.6 Å². The van der Waals surface area contributed by atoms with E-state index in [0.29, 0.717) is 12.5 Å². The molecule has 1 unspecified atom stereocenters. The Balaban J connectivity index is 1.26. The first kappa shape index (κ1) is 18.1. The van der Waals surface area contributed by atoms with Crippen molar-refractivity contribution < 1.29 is 4.79 Å². The van der Waals surface area contributed by atoms with E-state index in [1.54, 1.807) is 17.7 Å². The van der Waals surface area contributed by atoms with Crippen LogP contribution in [0.4, 0.5) is 0 Å². The molecule has 0 spiro atoms. The van der Waals surface area contributed by atoms with Crippen molar-refractivity contribution in [2.24, 2.45) is 5.92 Å². The van der Waals surface area contributed by atoms with Gasteiger partial charge in [0.05, 0.1) is 15.9 Å². The summed E-state index contributed by atoms with van der Waals surface area (Å²) in [4.78, 5) is 23.8. The lowest BCUT2D eigenvalue weighted by Crippen LogP contribution is -2.21. The van der Waals surface area contributed by atoms with E-state index in [2.05, 4.69) is 28.3 Å². The van der Waals surface area contributed by atoms with Gasteiger partial charge in [-0.3, -0.25) is 9.36 Å². The molecule has 3 heterocycles. The van der Waals surface area contributed by atoms with Gasteiger partial charge < -0.3 is 5.32 Å². The number of amides is 1. The molecule has 3 aromatic heterocycles. The molecule has 1 aliphatic carbocycles. The Labute approximate surface area is 173 Å². The van der Waals surface area contributed by atoms with Crippen molar-refractivity contribution in [2.45, 2.75) is 32.7 Å². The molecule has 0 radical (unpaired) electrons. The minimum atomic E-state index is 0.00160. The number of carbonyl (C=O) groups excluding carboxylic acids is 1. The zero-order valence-electron chi connectivity index (χ0n) is 16.3. The highest BCUT2D eigenvalue weighted by atomic mass is 32.1. The van der Waals surface area contributed by atoms with Gasteiger partial charge in [-0.1, -0.05) is 25.1 Å². The van der Waals surface area contributed by atoms with Crippen molar-refractivity contribution in [3.63, 3.8) is 0 Å². The van der Waals surface area contributed by atoms with Crippen molar-refractivity contribution in [3.05, 3.63) is 75.9 Å². The van der Waals surface area contributed by atoms with Gasteiger partial charge in [-0.2, -0.15) is 0 Å². The highest BCUT2D eigenvalue weighted by Gasteiger charge is 2.20. The number of hydrogen-bond donors (Lipinski definition) is 1. The van der Waals surface area contributed by atoms with Crippen molar-refractivity contribution in [1.82, 2.24) is 19.9 Å². The first-order valence-electron chi connectivity index (χ1n) is 9.94. The van der Waals surface area contributed by atoms with E-state index in [1.807, 2.05) is 47.2 Å². The second-order valence-electron chi connectivity index (χ2n) is 7.72. The van der Waals surface area contributed by atoms with E-state index >= 15 is 0 Å². The molecule has 0 fully saturated rings. The predicted molar refractivity (Wildman–Crippen MR) is 116 cm³/mol. The SMILES string of the molecule is CC1CCc2sc(C(=O)NCc3ccc(-n4cnc5ccccc54)nc3)cc2C1. The summed E-state index contributed by atoms with van der Waals surface area (Å²) in [5.74, 6) is 1.53. The molecule has 1 aromatic carbocycles. The van der Waals surface area contributed by atoms with Gasteiger partial charge in [-0.25, -0.2) is 9.97 Å². The summed E-state index contributed by atoms with van der Waals surface area (Å²) >= 11 is 1.64. The molecular formula is C23H22N4OS. The van der Waals surface area contributed by atoms with Crippen molar-refractivity contribution in [3.8, 4) is 5.82 Å². The topological polar surface area (TPSA) is 59.8 Å². The number of imidazole rings is 1. The molecule has 1 aliphatic rings. The summed E-state index contributed by atoms with van der Waals surface area (Å²) in [6.07, 6.45) is 7.01.